The summed E-state index contributed by atoms with van der Waals surface area (Å²) in [6.45, 7) is 3.64. The van der Waals surface area contributed by atoms with Gasteiger partial charge in [-0.05, 0) is 68.4 Å². The van der Waals surface area contributed by atoms with Crippen molar-refractivity contribution in [2.75, 3.05) is 38.2 Å². The van der Waals surface area contributed by atoms with Crippen LogP contribution in [0, 0.1) is 17.6 Å². The van der Waals surface area contributed by atoms with Gasteiger partial charge in [0.25, 0.3) is 0 Å². The molecule has 3 aliphatic heterocycles. The molecule has 1 aliphatic carbocycles. The molecule has 1 saturated carbocycles. The summed E-state index contributed by atoms with van der Waals surface area (Å²) in [6.07, 6.45) is 4.46. The molecular formula is C48H50ClF2N7O7. The number of benzene rings is 4. The van der Waals surface area contributed by atoms with Gasteiger partial charge in [0, 0.05) is 91.7 Å². The first kappa shape index (κ1) is 44.0. The number of halogens is 3. The fraction of sp³-hybridized carbons (Fsp3) is 0.396. The number of amides is 5. The van der Waals surface area contributed by atoms with E-state index in [9.17, 15) is 19.2 Å². The summed E-state index contributed by atoms with van der Waals surface area (Å²) in [5, 5.41) is 11.0. The van der Waals surface area contributed by atoms with Crippen LogP contribution in [0.5, 0.6) is 17.2 Å². The summed E-state index contributed by atoms with van der Waals surface area (Å²) < 4.78 is 52.1. The Kier molecular flexibility index (Phi) is 11.9. The normalized spacial score (nSPS) is 22.4. The Morgan fingerprint density at radius 2 is 1.72 bits per heavy atom. The molecule has 4 aliphatic rings. The number of ether oxygens (including phenoxy) is 3. The molecule has 5 amide bonds. The van der Waals surface area contributed by atoms with Crippen LogP contribution in [0.15, 0.2) is 66.7 Å². The molecule has 17 heteroatoms. The minimum Gasteiger partial charge on any atom is -0.494 e. The first-order valence-corrected chi connectivity index (χ1v) is 22.4. The SMILES string of the molecule is COc1ccc(C(N)=O)c(-c2c(Cl)c(F)cc3c2C(C)C(CNC2CCN(C(=O)C4CCC(Oc5ccc6c(N7CCC(=O)NC7=O)nn(C)c6c5)CC4)CC2)(c2ccccc2)O3)c1F. The number of nitrogens with zero attached hydrogens (tertiary/aromatic N) is 4. The summed E-state index contributed by atoms with van der Waals surface area (Å²) in [5.41, 5.74) is 6.23. The van der Waals surface area contributed by atoms with Gasteiger partial charge < -0.3 is 30.2 Å². The smallest absolute Gasteiger partial charge is 0.329 e. The number of methoxy groups -OCH3 is 1. The van der Waals surface area contributed by atoms with Gasteiger partial charge in [-0.2, -0.15) is 5.10 Å². The predicted molar refractivity (Wildman–Crippen MR) is 239 cm³/mol. The number of carbonyl (C=O) groups is 4. The minimum atomic E-state index is -1.09. The topological polar surface area (TPSA) is 170 Å². The van der Waals surface area contributed by atoms with Crippen molar-refractivity contribution in [2.24, 2.45) is 18.7 Å². The summed E-state index contributed by atoms with van der Waals surface area (Å²) >= 11 is 6.68. The monoisotopic (exact) mass is 909 g/mol. The number of hydrogen-bond acceptors (Lipinski definition) is 9. The van der Waals surface area contributed by atoms with Gasteiger partial charge in [0.1, 0.15) is 17.3 Å². The number of imide groups is 1. The third-order valence-electron chi connectivity index (χ3n) is 13.6. The van der Waals surface area contributed by atoms with Gasteiger partial charge >= 0.3 is 6.03 Å². The average Bonchev–Trinajstić information content (AvgIpc) is 3.78. The van der Waals surface area contributed by atoms with E-state index in [1.54, 1.807) is 11.7 Å². The van der Waals surface area contributed by atoms with E-state index in [-0.39, 0.29) is 76.1 Å². The molecule has 0 spiro atoms. The Labute approximate surface area is 379 Å². The number of likely N-dealkylation sites (tertiary alicyclic amines) is 1. The van der Waals surface area contributed by atoms with Gasteiger partial charge in [0.05, 0.1) is 29.3 Å². The molecule has 0 bridgehead atoms. The Morgan fingerprint density at radius 3 is 2.42 bits per heavy atom. The number of rotatable bonds is 11. The first-order valence-electron chi connectivity index (χ1n) is 22.0. The van der Waals surface area contributed by atoms with E-state index in [0.717, 1.165) is 29.3 Å². The van der Waals surface area contributed by atoms with E-state index < -0.39 is 35.1 Å². The molecule has 9 rings (SSSR count). The molecule has 14 nitrogen and oxygen atoms in total. The zero-order chi connectivity index (χ0) is 45.7. The van der Waals surface area contributed by atoms with Gasteiger partial charge in [-0.25, -0.2) is 13.6 Å². The molecular weight excluding hydrogens is 860 g/mol. The summed E-state index contributed by atoms with van der Waals surface area (Å²) in [5.74, 6) is -2.23. The Hall–Kier alpha value is -6.26. The van der Waals surface area contributed by atoms with Crippen LogP contribution in [0.1, 0.15) is 79.3 Å². The highest BCUT2D eigenvalue weighted by Gasteiger charge is 2.50. The van der Waals surface area contributed by atoms with E-state index >= 15 is 8.78 Å². The van der Waals surface area contributed by atoms with E-state index in [2.05, 4.69) is 15.7 Å². The molecule has 1 aromatic heterocycles. The molecule has 4 heterocycles. The maximum Gasteiger partial charge on any atom is 0.329 e. The number of carbonyl (C=O) groups excluding carboxylic acids is 4. The summed E-state index contributed by atoms with van der Waals surface area (Å²) in [4.78, 5) is 54.1. The second-order valence-electron chi connectivity index (χ2n) is 17.4. The maximum atomic E-state index is 16.2. The van der Waals surface area contributed by atoms with Crippen molar-refractivity contribution in [3.63, 3.8) is 0 Å². The second-order valence-corrected chi connectivity index (χ2v) is 17.7. The molecule has 2 atom stereocenters. The summed E-state index contributed by atoms with van der Waals surface area (Å²) in [7, 11) is 3.09. The highest BCUT2D eigenvalue weighted by Crippen LogP contribution is 2.56. The Morgan fingerprint density at radius 1 is 0.985 bits per heavy atom. The predicted octanol–water partition coefficient (Wildman–Crippen LogP) is 7.34. The molecule has 4 N–H and O–H groups in total. The number of nitrogens with one attached hydrogen (secondary N) is 2. The van der Waals surface area contributed by atoms with Crippen molar-refractivity contribution in [3.05, 3.63) is 100 Å². The lowest BCUT2D eigenvalue weighted by molar-refractivity contribution is -0.138. The average molecular weight is 910 g/mol. The zero-order valence-corrected chi connectivity index (χ0v) is 37.1. The third-order valence-corrected chi connectivity index (χ3v) is 14.0. The minimum absolute atomic E-state index is 0.0172. The van der Waals surface area contributed by atoms with Crippen LogP contribution >= 0.6 is 11.6 Å². The number of aryl methyl sites for hydroxylation is 1. The molecule has 3 fully saturated rings. The van der Waals surface area contributed by atoms with E-state index in [0.29, 0.717) is 62.4 Å². The van der Waals surface area contributed by atoms with Crippen LogP contribution in [0.25, 0.3) is 22.0 Å². The van der Waals surface area contributed by atoms with Crippen LogP contribution in [-0.4, -0.2) is 83.9 Å². The van der Waals surface area contributed by atoms with Crippen molar-refractivity contribution in [3.8, 4) is 28.4 Å². The number of aromatic nitrogens is 2. The lowest BCUT2D eigenvalue weighted by Gasteiger charge is -2.39. The molecule has 2 unspecified atom stereocenters. The molecule has 340 valence electrons. The largest absolute Gasteiger partial charge is 0.494 e. The number of anilines is 1. The van der Waals surface area contributed by atoms with Gasteiger partial charge in [-0.1, -0.05) is 48.9 Å². The highest BCUT2D eigenvalue weighted by atomic mass is 35.5. The van der Waals surface area contributed by atoms with E-state index in [1.807, 2.05) is 60.4 Å². The van der Waals surface area contributed by atoms with Crippen molar-refractivity contribution in [1.29, 1.82) is 0 Å². The number of nitrogens with two attached hydrogens (primary N) is 1. The van der Waals surface area contributed by atoms with Crippen LogP contribution in [0.4, 0.5) is 19.4 Å². The van der Waals surface area contributed by atoms with Crippen molar-refractivity contribution < 1.29 is 42.2 Å². The van der Waals surface area contributed by atoms with Crippen molar-refractivity contribution in [2.45, 2.75) is 75.5 Å². The van der Waals surface area contributed by atoms with Gasteiger partial charge in [0.2, 0.25) is 17.7 Å². The fourth-order valence-electron chi connectivity index (χ4n) is 10.1. The quantitative estimate of drug-likeness (QED) is 0.123. The molecule has 5 aromatic rings. The van der Waals surface area contributed by atoms with E-state index in [1.165, 1.54) is 30.2 Å². The van der Waals surface area contributed by atoms with Gasteiger partial charge in [-0.15, -0.1) is 0 Å². The Bertz CT molecular complexity index is 2700. The van der Waals surface area contributed by atoms with Crippen LogP contribution in [-0.2, 0) is 22.2 Å². The number of primary amides is 1. The molecule has 0 radical (unpaired) electrons. The van der Waals surface area contributed by atoms with Crippen LogP contribution < -0.4 is 35.5 Å². The highest BCUT2D eigenvalue weighted by molar-refractivity contribution is 6.34. The number of fused-ring (bicyclic) bond motifs is 2. The van der Waals surface area contributed by atoms with Crippen molar-refractivity contribution >= 4 is 52.1 Å². The maximum absolute atomic E-state index is 16.2. The fourth-order valence-corrected chi connectivity index (χ4v) is 10.4. The van der Waals surface area contributed by atoms with E-state index in [4.69, 9.17) is 31.5 Å². The van der Waals surface area contributed by atoms with Gasteiger partial charge in [-0.3, -0.25) is 29.3 Å². The Balaban J connectivity index is 0.840. The number of urea groups is 1. The van der Waals surface area contributed by atoms with Crippen LogP contribution in [0.2, 0.25) is 5.02 Å². The standard InChI is InChI=1S/C48H50ClF2N7O7/c1-26-39-37(24-34(50)42(49)41(39)40-33(44(52)60)15-16-36(63-3)43(40)51)65-48(26,28-7-5-4-6-8-28)25-53-29-17-20-57(21-18-29)46(61)27-9-11-30(12-10-27)64-31-13-14-32-35(23-31)56(2)55-45(32)58-22-19-38(59)54-47(58)62/h4-8,13-16,23-24,26-27,29-30,53H,9-12,17-22,25H2,1-3H3,(H2,52,60)(H,54,59,62). The van der Waals surface area contributed by atoms with Gasteiger partial charge in [0.15, 0.2) is 23.0 Å². The zero-order valence-electron chi connectivity index (χ0n) is 36.3. The van der Waals surface area contributed by atoms with Crippen LogP contribution in [0.3, 0.4) is 0 Å². The number of hydrogen-bond donors (Lipinski definition) is 3. The first-order chi connectivity index (χ1) is 31.3. The lowest BCUT2D eigenvalue weighted by Crippen LogP contribution is -2.51. The molecule has 4 aromatic carbocycles. The summed E-state index contributed by atoms with van der Waals surface area (Å²) in [6, 6.07) is 18.6. The second kappa shape index (κ2) is 17.6. The molecule has 65 heavy (non-hydrogen) atoms. The van der Waals surface area contributed by atoms with Crippen molar-refractivity contribution in [1.82, 2.24) is 25.3 Å². The molecule has 2 saturated heterocycles. The third kappa shape index (κ3) is 8.00. The lowest BCUT2D eigenvalue weighted by atomic mass is 9.77. The number of piperidine rings is 1.